The Labute approximate surface area is 117 Å². The van der Waals surface area contributed by atoms with E-state index >= 15 is 0 Å². The maximum atomic E-state index is 11.4. The number of alkyl carbamates (subject to hydrolysis) is 1. The number of hydrogen-bond donors (Lipinski definition) is 1. The van der Waals surface area contributed by atoms with Gasteiger partial charge >= 0.3 is 6.09 Å². The number of ether oxygens (including phenoxy) is 2. The summed E-state index contributed by atoms with van der Waals surface area (Å²) in [6.07, 6.45) is 2.81. The summed E-state index contributed by atoms with van der Waals surface area (Å²) in [7, 11) is 1.61. The first-order valence-electron chi connectivity index (χ1n) is 6.17. The van der Waals surface area contributed by atoms with Crippen molar-refractivity contribution in [3.8, 4) is 5.75 Å². The number of amides is 1. The molecule has 1 aromatic carbocycles. The highest BCUT2D eigenvalue weighted by atomic mass is 16.5. The fourth-order valence-electron chi connectivity index (χ4n) is 1.78. The maximum absolute atomic E-state index is 11.4. The van der Waals surface area contributed by atoms with Crippen molar-refractivity contribution in [1.82, 2.24) is 10.3 Å². The average molecular weight is 272 g/mol. The summed E-state index contributed by atoms with van der Waals surface area (Å²) in [6, 6.07) is 7.41. The maximum Gasteiger partial charge on any atom is 0.407 e. The molecule has 0 atom stereocenters. The van der Waals surface area contributed by atoms with Crippen molar-refractivity contribution < 1.29 is 14.3 Å². The van der Waals surface area contributed by atoms with Crippen LogP contribution in [0.5, 0.6) is 5.75 Å². The van der Waals surface area contributed by atoms with Gasteiger partial charge < -0.3 is 14.8 Å². The molecule has 20 heavy (non-hydrogen) atoms. The standard InChI is InChI=1S/C15H16N2O3/c1-3-7-17-15(18)20-10-11-6-8-16-14-5-4-12(19-2)9-13(11)14/h3-6,8-9H,1,7,10H2,2H3,(H,17,18). The third-order valence-corrected chi connectivity index (χ3v) is 2.79. The number of fused-ring (bicyclic) bond motifs is 1. The van der Waals surface area contributed by atoms with Gasteiger partial charge in [-0.1, -0.05) is 6.08 Å². The quantitative estimate of drug-likeness (QED) is 0.850. The van der Waals surface area contributed by atoms with Crippen LogP contribution in [0.3, 0.4) is 0 Å². The average Bonchev–Trinajstić information content (AvgIpc) is 2.50. The minimum Gasteiger partial charge on any atom is -0.497 e. The number of hydrogen-bond acceptors (Lipinski definition) is 4. The molecule has 0 saturated heterocycles. The van der Waals surface area contributed by atoms with Gasteiger partial charge in [0.25, 0.3) is 0 Å². The van der Waals surface area contributed by atoms with E-state index in [1.165, 1.54) is 0 Å². The highest BCUT2D eigenvalue weighted by Crippen LogP contribution is 2.22. The van der Waals surface area contributed by atoms with Crippen LogP contribution in [0.15, 0.2) is 43.1 Å². The van der Waals surface area contributed by atoms with Crippen LogP contribution in [0.1, 0.15) is 5.56 Å². The van der Waals surface area contributed by atoms with Crippen molar-refractivity contribution in [3.63, 3.8) is 0 Å². The first kappa shape index (κ1) is 13.9. The minimum atomic E-state index is -0.474. The van der Waals surface area contributed by atoms with Gasteiger partial charge in [0.2, 0.25) is 0 Å². The molecule has 0 spiro atoms. The Kier molecular flexibility index (Phi) is 4.55. The Morgan fingerprint density at radius 2 is 2.30 bits per heavy atom. The molecule has 2 aromatic rings. The van der Waals surface area contributed by atoms with Crippen LogP contribution in [-0.4, -0.2) is 24.7 Å². The van der Waals surface area contributed by atoms with E-state index in [1.54, 1.807) is 19.4 Å². The second kappa shape index (κ2) is 6.56. The zero-order chi connectivity index (χ0) is 14.4. The lowest BCUT2D eigenvalue weighted by atomic mass is 10.1. The van der Waals surface area contributed by atoms with Crippen molar-refractivity contribution in [2.24, 2.45) is 0 Å². The van der Waals surface area contributed by atoms with E-state index in [1.807, 2.05) is 24.3 Å². The number of rotatable bonds is 5. The molecule has 0 bridgehead atoms. The van der Waals surface area contributed by atoms with Gasteiger partial charge in [-0.05, 0) is 24.3 Å². The van der Waals surface area contributed by atoms with Gasteiger partial charge in [0.15, 0.2) is 0 Å². The molecule has 0 aliphatic heterocycles. The van der Waals surface area contributed by atoms with E-state index in [2.05, 4.69) is 16.9 Å². The van der Waals surface area contributed by atoms with Crippen LogP contribution in [0.2, 0.25) is 0 Å². The molecule has 5 heteroatoms. The second-order valence-corrected chi connectivity index (χ2v) is 4.10. The number of carbonyl (C=O) groups excluding carboxylic acids is 1. The zero-order valence-corrected chi connectivity index (χ0v) is 11.3. The third kappa shape index (κ3) is 3.26. The summed E-state index contributed by atoms with van der Waals surface area (Å²) >= 11 is 0. The molecule has 0 aliphatic rings. The topological polar surface area (TPSA) is 60.5 Å². The Hall–Kier alpha value is -2.56. The highest BCUT2D eigenvalue weighted by molar-refractivity contribution is 5.83. The predicted molar refractivity (Wildman–Crippen MR) is 76.7 cm³/mol. The molecule has 1 aromatic heterocycles. The number of pyridine rings is 1. The number of methoxy groups -OCH3 is 1. The Bertz CT molecular complexity index is 626. The minimum absolute atomic E-state index is 0.176. The van der Waals surface area contributed by atoms with Crippen molar-refractivity contribution in [2.75, 3.05) is 13.7 Å². The summed E-state index contributed by atoms with van der Waals surface area (Å²) in [5.74, 6) is 0.739. The molecule has 0 fully saturated rings. The summed E-state index contributed by atoms with van der Waals surface area (Å²) in [6.45, 7) is 4.07. The summed E-state index contributed by atoms with van der Waals surface area (Å²) in [4.78, 5) is 15.7. The molecule has 104 valence electrons. The predicted octanol–water partition coefficient (Wildman–Crippen LogP) is 2.66. The first-order chi connectivity index (χ1) is 9.74. The van der Waals surface area contributed by atoms with E-state index in [0.717, 1.165) is 22.2 Å². The van der Waals surface area contributed by atoms with Crippen molar-refractivity contribution in [2.45, 2.75) is 6.61 Å². The summed E-state index contributed by atoms with van der Waals surface area (Å²) < 4.78 is 10.3. The zero-order valence-electron chi connectivity index (χ0n) is 11.3. The molecular formula is C15H16N2O3. The number of nitrogens with zero attached hydrogens (tertiary/aromatic N) is 1. The molecule has 1 N–H and O–H groups in total. The van der Waals surface area contributed by atoms with Gasteiger partial charge in [-0.25, -0.2) is 4.79 Å². The monoisotopic (exact) mass is 272 g/mol. The number of carbonyl (C=O) groups is 1. The smallest absolute Gasteiger partial charge is 0.407 e. The van der Waals surface area contributed by atoms with Gasteiger partial charge in [0.05, 0.1) is 12.6 Å². The lowest BCUT2D eigenvalue weighted by Crippen LogP contribution is -2.23. The van der Waals surface area contributed by atoms with Crippen LogP contribution in [-0.2, 0) is 11.3 Å². The Morgan fingerprint density at radius 1 is 1.45 bits per heavy atom. The molecule has 0 radical (unpaired) electrons. The van der Waals surface area contributed by atoms with Gasteiger partial charge in [0.1, 0.15) is 12.4 Å². The molecule has 2 rings (SSSR count). The van der Waals surface area contributed by atoms with E-state index < -0.39 is 6.09 Å². The summed E-state index contributed by atoms with van der Waals surface area (Å²) in [5, 5.41) is 3.46. The summed E-state index contributed by atoms with van der Waals surface area (Å²) in [5.41, 5.74) is 1.71. The fourth-order valence-corrected chi connectivity index (χ4v) is 1.78. The molecule has 1 amide bonds. The van der Waals surface area contributed by atoms with Crippen LogP contribution >= 0.6 is 0 Å². The van der Waals surface area contributed by atoms with Gasteiger partial charge in [0, 0.05) is 23.7 Å². The van der Waals surface area contributed by atoms with Crippen LogP contribution in [0.4, 0.5) is 4.79 Å². The normalized spacial score (nSPS) is 10.1. The largest absolute Gasteiger partial charge is 0.497 e. The third-order valence-electron chi connectivity index (χ3n) is 2.79. The Morgan fingerprint density at radius 3 is 3.05 bits per heavy atom. The first-order valence-corrected chi connectivity index (χ1v) is 6.17. The lowest BCUT2D eigenvalue weighted by Gasteiger charge is -2.09. The SMILES string of the molecule is C=CCNC(=O)OCc1ccnc2ccc(OC)cc12. The molecular weight excluding hydrogens is 256 g/mol. The van der Waals surface area contributed by atoms with Gasteiger partial charge in [-0.2, -0.15) is 0 Å². The molecule has 5 nitrogen and oxygen atoms in total. The molecule has 0 unspecified atom stereocenters. The van der Waals surface area contributed by atoms with Crippen molar-refractivity contribution in [1.29, 1.82) is 0 Å². The van der Waals surface area contributed by atoms with Crippen molar-refractivity contribution >= 4 is 17.0 Å². The lowest BCUT2D eigenvalue weighted by molar-refractivity contribution is 0.141. The number of aromatic nitrogens is 1. The van der Waals surface area contributed by atoms with Gasteiger partial charge in [-0.15, -0.1) is 6.58 Å². The van der Waals surface area contributed by atoms with Crippen molar-refractivity contribution in [3.05, 3.63) is 48.7 Å². The van der Waals surface area contributed by atoms with Crippen LogP contribution < -0.4 is 10.1 Å². The van der Waals surface area contributed by atoms with E-state index in [-0.39, 0.29) is 6.61 Å². The number of benzene rings is 1. The highest BCUT2D eigenvalue weighted by Gasteiger charge is 2.06. The van der Waals surface area contributed by atoms with E-state index in [4.69, 9.17) is 9.47 Å². The number of nitrogens with one attached hydrogen (secondary N) is 1. The molecule has 1 heterocycles. The Balaban J connectivity index is 2.16. The van der Waals surface area contributed by atoms with E-state index in [9.17, 15) is 4.79 Å². The fraction of sp³-hybridized carbons (Fsp3) is 0.200. The van der Waals surface area contributed by atoms with Crippen LogP contribution in [0.25, 0.3) is 10.9 Å². The molecule has 0 saturated carbocycles. The second-order valence-electron chi connectivity index (χ2n) is 4.10. The van der Waals surface area contributed by atoms with E-state index in [0.29, 0.717) is 6.54 Å². The van der Waals surface area contributed by atoms with Crippen LogP contribution in [0, 0.1) is 0 Å². The molecule has 0 aliphatic carbocycles. The van der Waals surface area contributed by atoms with Gasteiger partial charge in [-0.3, -0.25) is 4.98 Å².